The second-order valence-electron chi connectivity index (χ2n) is 5.53. The smallest absolute Gasteiger partial charge is 0.270 e. The van der Waals surface area contributed by atoms with E-state index in [2.05, 4.69) is 5.32 Å². The number of Topliss-reactive ketones (excluding diaryl/α,β-unsaturated/α-hetero) is 1. The number of aliphatic hydroxyl groups is 1. The van der Waals surface area contributed by atoms with Gasteiger partial charge in [-0.25, -0.2) is 0 Å². The monoisotopic (exact) mass is 380 g/mol. The summed E-state index contributed by atoms with van der Waals surface area (Å²) in [5.41, 5.74) is -2.16. The molecule has 0 saturated heterocycles. The Labute approximate surface area is 151 Å². The lowest BCUT2D eigenvalue weighted by molar-refractivity contribution is -0.384. The lowest BCUT2D eigenvalue weighted by Crippen LogP contribution is -2.36. The molecule has 9 heteroatoms. The molecule has 2 aromatic carbocycles. The van der Waals surface area contributed by atoms with Crippen LogP contribution in [0.4, 0.5) is 11.4 Å². The third-order valence-electron chi connectivity index (χ3n) is 3.89. The number of nitro benzene ring substituents is 1. The first-order valence-corrected chi connectivity index (χ1v) is 7.79. The number of fused-ring (bicyclic) bond motifs is 1. The van der Waals surface area contributed by atoms with Gasteiger partial charge < -0.3 is 10.4 Å². The van der Waals surface area contributed by atoms with E-state index in [1.807, 2.05) is 0 Å². The number of benzene rings is 2. The van der Waals surface area contributed by atoms with E-state index >= 15 is 0 Å². The fourth-order valence-corrected chi connectivity index (χ4v) is 3.38. The third-order valence-corrected chi connectivity index (χ3v) is 4.40. The zero-order chi connectivity index (χ0) is 18.4. The molecule has 25 heavy (non-hydrogen) atoms. The molecule has 1 aliphatic heterocycles. The molecule has 1 heterocycles. The van der Waals surface area contributed by atoms with Crippen molar-refractivity contribution in [3.63, 3.8) is 0 Å². The van der Waals surface area contributed by atoms with Crippen molar-refractivity contribution in [2.24, 2.45) is 0 Å². The lowest BCUT2D eigenvalue weighted by atomic mass is 9.88. The maximum absolute atomic E-state index is 12.5. The van der Waals surface area contributed by atoms with Crippen LogP contribution in [0.3, 0.4) is 0 Å². The number of ketones is 1. The lowest BCUT2D eigenvalue weighted by Gasteiger charge is -2.21. The van der Waals surface area contributed by atoms with Crippen LogP contribution in [0.2, 0.25) is 10.0 Å². The molecule has 2 N–H and O–H groups in total. The number of non-ortho nitro benzene ring substituents is 1. The molecule has 3 rings (SSSR count). The molecule has 0 radical (unpaired) electrons. The molecule has 0 fully saturated rings. The number of nitrogens with zero attached hydrogens (tertiary/aromatic N) is 1. The highest BCUT2D eigenvalue weighted by Crippen LogP contribution is 2.44. The van der Waals surface area contributed by atoms with E-state index in [-0.39, 0.29) is 32.5 Å². The number of carbonyl (C=O) groups is 2. The summed E-state index contributed by atoms with van der Waals surface area (Å²) in [4.78, 5) is 34.9. The van der Waals surface area contributed by atoms with E-state index in [0.29, 0.717) is 0 Å². The van der Waals surface area contributed by atoms with Crippen LogP contribution in [0.1, 0.15) is 22.3 Å². The summed E-state index contributed by atoms with van der Waals surface area (Å²) in [6.07, 6.45) is -0.617. The number of halogens is 2. The zero-order valence-electron chi connectivity index (χ0n) is 12.5. The molecular weight excluding hydrogens is 371 g/mol. The van der Waals surface area contributed by atoms with Crippen LogP contribution in [-0.4, -0.2) is 21.7 Å². The molecule has 1 aliphatic rings. The molecule has 1 unspecified atom stereocenters. The van der Waals surface area contributed by atoms with Crippen LogP contribution >= 0.6 is 23.2 Å². The van der Waals surface area contributed by atoms with Crippen LogP contribution in [0.15, 0.2) is 36.4 Å². The Morgan fingerprint density at radius 1 is 1.28 bits per heavy atom. The summed E-state index contributed by atoms with van der Waals surface area (Å²) >= 11 is 12.0. The Hall–Kier alpha value is -2.48. The van der Waals surface area contributed by atoms with E-state index in [4.69, 9.17) is 23.2 Å². The zero-order valence-corrected chi connectivity index (χ0v) is 14.0. The van der Waals surface area contributed by atoms with Crippen LogP contribution in [0.25, 0.3) is 0 Å². The summed E-state index contributed by atoms with van der Waals surface area (Å²) in [5.74, 6) is -1.45. The molecule has 0 saturated carbocycles. The van der Waals surface area contributed by atoms with Gasteiger partial charge in [0.2, 0.25) is 0 Å². The van der Waals surface area contributed by atoms with Gasteiger partial charge in [0.25, 0.3) is 11.6 Å². The Balaban J connectivity index is 1.98. The first kappa shape index (κ1) is 17.3. The van der Waals surface area contributed by atoms with E-state index in [9.17, 15) is 24.8 Å². The summed E-state index contributed by atoms with van der Waals surface area (Å²) in [6.45, 7) is 0. The van der Waals surface area contributed by atoms with Gasteiger partial charge in [-0.15, -0.1) is 0 Å². The molecular formula is C16H10Cl2N2O5. The number of hydrogen-bond donors (Lipinski definition) is 2. The predicted octanol–water partition coefficient (Wildman–Crippen LogP) is 3.31. The minimum atomic E-state index is -2.18. The SMILES string of the molecule is O=C(CC1(O)C(=O)Nc2cc(Cl)cc(Cl)c21)c1cccc([N+](=O)[O-])c1. The second-order valence-corrected chi connectivity index (χ2v) is 6.38. The molecule has 1 amide bonds. The number of hydrogen-bond acceptors (Lipinski definition) is 5. The van der Waals surface area contributed by atoms with Gasteiger partial charge >= 0.3 is 0 Å². The van der Waals surface area contributed by atoms with Gasteiger partial charge in [0.05, 0.1) is 22.1 Å². The van der Waals surface area contributed by atoms with Gasteiger partial charge in [-0.1, -0.05) is 35.3 Å². The van der Waals surface area contributed by atoms with E-state index in [0.717, 1.165) is 6.07 Å². The van der Waals surface area contributed by atoms with E-state index in [1.54, 1.807) is 0 Å². The van der Waals surface area contributed by atoms with Crippen molar-refractivity contribution >= 4 is 46.3 Å². The summed E-state index contributed by atoms with van der Waals surface area (Å²) in [6, 6.07) is 7.81. The van der Waals surface area contributed by atoms with Crippen LogP contribution in [0.5, 0.6) is 0 Å². The number of nitrogens with one attached hydrogen (secondary N) is 1. The standard InChI is InChI=1S/C16H10Cl2N2O5/c17-9-5-11(18)14-12(6-9)19-15(22)16(14,23)7-13(21)8-2-1-3-10(4-8)20(24)25/h1-6,23H,7H2,(H,19,22). The molecule has 0 aliphatic carbocycles. The van der Waals surface area contributed by atoms with Crippen molar-refractivity contribution in [1.82, 2.24) is 0 Å². The van der Waals surface area contributed by atoms with Crippen molar-refractivity contribution in [2.75, 3.05) is 5.32 Å². The molecule has 1 atom stereocenters. The molecule has 7 nitrogen and oxygen atoms in total. The minimum Gasteiger partial charge on any atom is -0.375 e. The number of carbonyl (C=O) groups excluding carboxylic acids is 2. The molecule has 0 spiro atoms. The van der Waals surface area contributed by atoms with Crippen molar-refractivity contribution in [3.8, 4) is 0 Å². The maximum atomic E-state index is 12.5. The number of anilines is 1. The van der Waals surface area contributed by atoms with Gasteiger partial charge in [0.1, 0.15) is 0 Å². The van der Waals surface area contributed by atoms with Crippen molar-refractivity contribution in [1.29, 1.82) is 0 Å². The van der Waals surface area contributed by atoms with Crippen LogP contribution < -0.4 is 5.32 Å². The second kappa shape index (κ2) is 6.11. The van der Waals surface area contributed by atoms with Gasteiger partial charge in [0.15, 0.2) is 11.4 Å². The first-order chi connectivity index (χ1) is 11.7. The van der Waals surface area contributed by atoms with Crippen LogP contribution in [-0.2, 0) is 10.4 Å². The highest BCUT2D eigenvalue weighted by atomic mass is 35.5. The average Bonchev–Trinajstić information content (AvgIpc) is 2.77. The van der Waals surface area contributed by atoms with Crippen molar-refractivity contribution in [2.45, 2.75) is 12.0 Å². The van der Waals surface area contributed by atoms with Gasteiger partial charge in [-0.2, -0.15) is 0 Å². The fraction of sp³-hybridized carbons (Fsp3) is 0.125. The van der Waals surface area contributed by atoms with Crippen molar-refractivity contribution < 1.29 is 19.6 Å². The topological polar surface area (TPSA) is 110 Å². The van der Waals surface area contributed by atoms with Crippen molar-refractivity contribution in [3.05, 3.63) is 67.7 Å². The van der Waals surface area contributed by atoms with Crippen LogP contribution in [0, 0.1) is 10.1 Å². The Morgan fingerprint density at radius 2 is 2.00 bits per heavy atom. The average molecular weight is 381 g/mol. The molecule has 128 valence electrons. The minimum absolute atomic E-state index is 0.00830. The van der Waals surface area contributed by atoms with Gasteiger partial charge in [-0.05, 0) is 12.1 Å². The first-order valence-electron chi connectivity index (χ1n) is 7.03. The molecule has 2 aromatic rings. The quantitative estimate of drug-likeness (QED) is 0.480. The predicted molar refractivity (Wildman–Crippen MR) is 91.0 cm³/mol. The highest BCUT2D eigenvalue weighted by molar-refractivity contribution is 6.36. The van der Waals surface area contributed by atoms with Gasteiger partial charge in [0, 0.05) is 28.3 Å². The number of nitro groups is 1. The summed E-state index contributed by atoms with van der Waals surface area (Å²) in [5, 5.41) is 24.4. The highest BCUT2D eigenvalue weighted by Gasteiger charge is 2.48. The molecule has 0 aromatic heterocycles. The summed E-state index contributed by atoms with van der Waals surface area (Å²) < 4.78 is 0. The van der Waals surface area contributed by atoms with E-state index < -0.39 is 28.6 Å². The number of rotatable bonds is 4. The summed E-state index contributed by atoms with van der Waals surface area (Å²) in [7, 11) is 0. The Morgan fingerprint density at radius 3 is 2.68 bits per heavy atom. The van der Waals surface area contributed by atoms with Gasteiger partial charge in [-0.3, -0.25) is 19.7 Å². The Kier molecular flexibility index (Phi) is 4.24. The fourth-order valence-electron chi connectivity index (χ4n) is 2.73. The Bertz CT molecular complexity index is 931. The number of amides is 1. The third kappa shape index (κ3) is 2.97. The maximum Gasteiger partial charge on any atom is 0.270 e. The van der Waals surface area contributed by atoms with E-state index in [1.165, 1.54) is 30.3 Å². The molecule has 0 bridgehead atoms. The normalized spacial score (nSPS) is 18.6. The largest absolute Gasteiger partial charge is 0.375 e.